The van der Waals surface area contributed by atoms with Crippen LogP contribution in [0.25, 0.3) is 0 Å². The van der Waals surface area contributed by atoms with E-state index in [0.29, 0.717) is 0 Å². The lowest BCUT2D eigenvalue weighted by Crippen LogP contribution is -1.91. The van der Waals surface area contributed by atoms with E-state index in [1.165, 1.54) is 11.3 Å². The van der Waals surface area contributed by atoms with E-state index in [9.17, 15) is 0 Å². The molecule has 0 atom stereocenters. The first-order chi connectivity index (χ1) is 6.72. The highest BCUT2D eigenvalue weighted by atomic mass is 32.2. The minimum Gasteiger partial charge on any atom is -0.497 e. The van der Waals surface area contributed by atoms with Crippen molar-refractivity contribution in [3.05, 3.63) is 29.8 Å². The summed E-state index contributed by atoms with van der Waals surface area (Å²) in [6, 6.07) is 8.30. The molecule has 0 amide bonds. The van der Waals surface area contributed by atoms with Crippen LogP contribution >= 0.6 is 11.8 Å². The molecule has 0 fully saturated rings. The van der Waals surface area contributed by atoms with Gasteiger partial charge in [-0.1, -0.05) is 26.0 Å². The molecule has 0 heterocycles. The Hall–Kier alpha value is -0.630. The summed E-state index contributed by atoms with van der Waals surface area (Å²) in [5.41, 5.74) is 1.37. The van der Waals surface area contributed by atoms with Gasteiger partial charge in [-0.25, -0.2) is 0 Å². The average molecular weight is 210 g/mol. The summed E-state index contributed by atoms with van der Waals surface area (Å²) in [7, 11) is 1.70. The highest BCUT2D eigenvalue weighted by Crippen LogP contribution is 2.17. The molecule has 14 heavy (non-hydrogen) atoms. The van der Waals surface area contributed by atoms with E-state index < -0.39 is 0 Å². The van der Waals surface area contributed by atoms with Crippen LogP contribution in [-0.4, -0.2) is 12.9 Å². The second-order valence-electron chi connectivity index (χ2n) is 3.76. The van der Waals surface area contributed by atoms with Crippen LogP contribution in [-0.2, 0) is 5.75 Å². The van der Waals surface area contributed by atoms with Crippen LogP contribution in [0.1, 0.15) is 19.4 Å². The number of hydrogen-bond donors (Lipinski definition) is 0. The maximum Gasteiger partial charge on any atom is 0.118 e. The van der Waals surface area contributed by atoms with Crippen LogP contribution in [0.2, 0.25) is 0 Å². The third kappa shape index (κ3) is 4.05. The molecule has 1 aromatic carbocycles. The Morgan fingerprint density at radius 1 is 1.21 bits per heavy atom. The van der Waals surface area contributed by atoms with Crippen LogP contribution in [0.5, 0.6) is 5.75 Å². The zero-order chi connectivity index (χ0) is 10.4. The van der Waals surface area contributed by atoms with Crippen LogP contribution in [0.3, 0.4) is 0 Å². The quantitative estimate of drug-likeness (QED) is 0.734. The third-order valence-corrected chi connectivity index (χ3v) is 3.32. The van der Waals surface area contributed by atoms with E-state index in [0.717, 1.165) is 17.4 Å². The van der Waals surface area contributed by atoms with Gasteiger partial charge in [-0.15, -0.1) is 0 Å². The van der Waals surface area contributed by atoms with Gasteiger partial charge in [0.05, 0.1) is 7.11 Å². The summed E-state index contributed by atoms with van der Waals surface area (Å²) in [5, 5.41) is 0. The van der Waals surface area contributed by atoms with Crippen molar-refractivity contribution in [1.29, 1.82) is 0 Å². The Kier molecular flexibility index (Phi) is 4.88. The molecule has 0 saturated heterocycles. The Labute approximate surface area is 90.9 Å². The maximum absolute atomic E-state index is 5.11. The number of thioether (sulfide) groups is 1. The lowest BCUT2D eigenvalue weighted by atomic mass is 10.2. The number of hydrogen-bond acceptors (Lipinski definition) is 2. The maximum atomic E-state index is 5.11. The molecule has 0 aliphatic rings. The van der Waals surface area contributed by atoms with E-state index in [1.54, 1.807) is 7.11 Å². The van der Waals surface area contributed by atoms with E-state index in [1.807, 2.05) is 23.9 Å². The van der Waals surface area contributed by atoms with Gasteiger partial charge < -0.3 is 4.74 Å². The lowest BCUT2D eigenvalue weighted by Gasteiger charge is -2.05. The van der Waals surface area contributed by atoms with Crippen molar-refractivity contribution >= 4 is 11.8 Å². The fourth-order valence-corrected chi connectivity index (χ4v) is 2.15. The molecule has 0 N–H and O–H groups in total. The zero-order valence-corrected chi connectivity index (χ0v) is 9.93. The average Bonchev–Trinajstić information content (AvgIpc) is 2.18. The van der Waals surface area contributed by atoms with Crippen molar-refractivity contribution in [2.24, 2.45) is 5.92 Å². The van der Waals surface area contributed by atoms with E-state index >= 15 is 0 Å². The van der Waals surface area contributed by atoms with Crippen LogP contribution in [0, 0.1) is 5.92 Å². The summed E-state index contributed by atoms with van der Waals surface area (Å²) >= 11 is 1.99. The predicted octanol–water partition coefficient (Wildman–Crippen LogP) is 3.58. The van der Waals surface area contributed by atoms with Crippen molar-refractivity contribution < 1.29 is 4.74 Å². The number of methoxy groups -OCH3 is 1. The minimum atomic E-state index is 0.776. The molecule has 1 rings (SSSR count). The Morgan fingerprint density at radius 3 is 2.36 bits per heavy atom. The molecule has 78 valence electrons. The minimum absolute atomic E-state index is 0.776. The SMILES string of the molecule is COc1ccc(CSCC(C)C)cc1. The standard InChI is InChI=1S/C12H18OS/c1-10(2)8-14-9-11-4-6-12(13-3)7-5-11/h4-7,10H,8-9H2,1-3H3. The fourth-order valence-electron chi connectivity index (χ4n) is 1.13. The van der Waals surface area contributed by atoms with Gasteiger partial charge in [-0.2, -0.15) is 11.8 Å². The summed E-state index contributed by atoms with van der Waals surface area (Å²) in [4.78, 5) is 0. The molecule has 0 spiro atoms. The topological polar surface area (TPSA) is 9.23 Å². The second kappa shape index (κ2) is 5.97. The molecule has 0 aromatic heterocycles. The second-order valence-corrected chi connectivity index (χ2v) is 4.79. The number of ether oxygens (including phenoxy) is 1. The molecule has 2 heteroatoms. The molecule has 0 aliphatic carbocycles. The van der Waals surface area contributed by atoms with Gasteiger partial charge in [-0.3, -0.25) is 0 Å². The molecule has 0 unspecified atom stereocenters. The van der Waals surface area contributed by atoms with Gasteiger partial charge in [0.1, 0.15) is 5.75 Å². The highest BCUT2D eigenvalue weighted by molar-refractivity contribution is 7.98. The summed E-state index contributed by atoms with van der Waals surface area (Å²) < 4.78 is 5.11. The van der Waals surface area contributed by atoms with E-state index in [2.05, 4.69) is 26.0 Å². The molecule has 1 nitrogen and oxygen atoms in total. The molecule has 0 radical (unpaired) electrons. The van der Waals surface area contributed by atoms with E-state index in [4.69, 9.17) is 4.74 Å². The predicted molar refractivity (Wildman–Crippen MR) is 64.0 cm³/mol. The Bertz CT molecular complexity index is 254. The van der Waals surface area contributed by atoms with Crippen LogP contribution < -0.4 is 4.74 Å². The molecule has 1 aromatic rings. The molecule has 0 saturated carbocycles. The molecule has 0 aliphatic heterocycles. The van der Waals surface area contributed by atoms with Gasteiger partial charge in [0.2, 0.25) is 0 Å². The van der Waals surface area contributed by atoms with Crippen molar-refractivity contribution in [3.63, 3.8) is 0 Å². The monoisotopic (exact) mass is 210 g/mol. The van der Waals surface area contributed by atoms with Crippen LogP contribution in [0.4, 0.5) is 0 Å². The van der Waals surface area contributed by atoms with Gasteiger partial charge in [0.15, 0.2) is 0 Å². The number of rotatable bonds is 5. The van der Waals surface area contributed by atoms with Crippen molar-refractivity contribution in [1.82, 2.24) is 0 Å². The first kappa shape index (κ1) is 11.4. The van der Waals surface area contributed by atoms with Crippen LogP contribution in [0.15, 0.2) is 24.3 Å². The molecular formula is C12H18OS. The van der Waals surface area contributed by atoms with Gasteiger partial charge in [0.25, 0.3) is 0 Å². The van der Waals surface area contributed by atoms with Crippen molar-refractivity contribution in [2.75, 3.05) is 12.9 Å². The fraction of sp³-hybridized carbons (Fsp3) is 0.500. The third-order valence-electron chi connectivity index (χ3n) is 1.88. The van der Waals surface area contributed by atoms with Crippen molar-refractivity contribution in [3.8, 4) is 5.75 Å². The highest BCUT2D eigenvalue weighted by Gasteiger charge is 1.97. The lowest BCUT2D eigenvalue weighted by molar-refractivity contribution is 0.414. The molecular weight excluding hydrogens is 192 g/mol. The van der Waals surface area contributed by atoms with Crippen molar-refractivity contribution in [2.45, 2.75) is 19.6 Å². The van der Waals surface area contributed by atoms with Gasteiger partial charge in [0, 0.05) is 5.75 Å². The first-order valence-electron chi connectivity index (χ1n) is 4.93. The Balaban J connectivity index is 2.36. The summed E-state index contributed by atoms with van der Waals surface area (Å²) in [6.07, 6.45) is 0. The first-order valence-corrected chi connectivity index (χ1v) is 6.08. The smallest absolute Gasteiger partial charge is 0.118 e. The Morgan fingerprint density at radius 2 is 1.86 bits per heavy atom. The van der Waals surface area contributed by atoms with E-state index in [-0.39, 0.29) is 0 Å². The summed E-state index contributed by atoms with van der Waals surface area (Å²) in [6.45, 7) is 4.50. The van der Waals surface area contributed by atoms with Gasteiger partial charge in [-0.05, 0) is 29.4 Å². The normalized spacial score (nSPS) is 10.6. The largest absolute Gasteiger partial charge is 0.497 e. The molecule has 0 bridgehead atoms. The zero-order valence-electron chi connectivity index (χ0n) is 9.12. The van der Waals surface area contributed by atoms with Gasteiger partial charge >= 0.3 is 0 Å². The summed E-state index contributed by atoms with van der Waals surface area (Å²) in [5.74, 6) is 4.04. The number of benzene rings is 1.